The van der Waals surface area contributed by atoms with Crippen molar-refractivity contribution in [1.29, 1.82) is 0 Å². The number of hydrogen-bond donors (Lipinski definition) is 0. The lowest BCUT2D eigenvalue weighted by Gasteiger charge is -2.18. The maximum Gasteiger partial charge on any atom is 0.253 e. The SMILES string of the molecule is Cc1nccn1CCN(C)C(=O)c1ccc2c(c1)ncn2C. The zero-order valence-electron chi connectivity index (χ0n) is 13.0. The van der Waals surface area contributed by atoms with E-state index in [1.165, 1.54) is 0 Å². The third-order valence-corrected chi connectivity index (χ3v) is 3.92. The van der Waals surface area contributed by atoms with Crippen LogP contribution in [0.5, 0.6) is 0 Å². The first-order valence-electron chi connectivity index (χ1n) is 7.20. The van der Waals surface area contributed by atoms with Gasteiger partial charge in [-0.1, -0.05) is 0 Å². The highest BCUT2D eigenvalue weighted by Crippen LogP contribution is 2.15. The lowest BCUT2D eigenvalue weighted by Crippen LogP contribution is -2.30. The predicted molar refractivity (Wildman–Crippen MR) is 84.6 cm³/mol. The fraction of sp³-hybridized carbons (Fsp3) is 0.312. The van der Waals surface area contributed by atoms with Crippen molar-refractivity contribution in [2.75, 3.05) is 13.6 Å². The van der Waals surface area contributed by atoms with Gasteiger partial charge in [-0.15, -0.1) is 0 Å². The third-order valence-electron chi connectivity index (χ3n) is 3.92. The molecule has 6 nitrogen and oxygen atoms in total. The van der Waals surface area contributed by atoms with E-state index in [-0.39, 0.29) is 5.91 Å². The number of hydrogen-bond acceptors (Lipinski definition) is 3. The molecule has 0 N–H and O–H groups in total. The molecule has 0 atom stereocenters. The molecule has 114 valence electrons. The molecular formula is C16H19N5O. The summed E-state index contributed by atoms with van der Waals surface area (Å²) in [6.07, 6.45) is 5.45. The van der Waals surface area contributed by atoms with Crippen molar-refractivity contribution in [2.45, 2.75) is 13.5 Å². The summed E-state index contributed by atoms with van der Waals surface area (Å²) in [5.41, 5.74) is 2.52. The van der Waals surface area contributed by atoms with Gasteiger partial charge in [0.25, 0.3) is 5.91 Å². The van der Waals surface area contributed by atoms with Gasteiger partial charge in [0.2, 0.25) is 0 Å². The van der Waals surface area contributed by atoms with Crippen LogP contribution in [-0.4, -0.2) is 43.5 Å². The molecular weight excluding hydrogens is 278 g/mol. The molecule has 1 aromatic carbocycles. The number of aryl methyl sites for hydroxylation is 2. The van der Waals surface area contributed by atoms with E-state index in [1.54, 1.807) is 17.4 Å². The van der Waals surface area contributed by atoms with E-state index in [4.69, 9.17) is 0 Å². The molecule has 0 radical (unpaired) electrons. The van der Waals surface area contributed by atoms with Gasteiger partial charge in [0, 0.05) is 45.1 Å². The van der Waals surface area contributed by atoms with Crippen LogP contribution < -0.4 is 0 Å². The number of amides is 1. The van der Waals surface area contributed by atoms with Crippen LogP contribution in [-0.2, 0) is 13.6 Å². The first-order valence-corrected chi connectivity index (χ1v) is 7.20. The second-order valence-corrected chi connectivity index (χ2v) is 5.45. The maximum atomic E-state index is 12.5. The molecule has 0 saturated carbocycles. The van der Waals surface area contributed by atoms with Crippen molar-refractivity contribution in [1.82, 2.24) is 24.0 Å². The van der Waals surface area contributed by atoms with Gasteiger partial charge in [0.1, 0.15) is 5.82 Å². The topological polar surface area (TPSA) is 56.0 Å². The molecule has 0 aliphatic carbocycles. The number of imidazole rings is 2. The Morgan fingerprint density at radius 3 is 2.86 bits per heavy atom. The molecule has 3 rings (SSSR count). The minimum absolute atomic E-state index is 0.00493. The Bertz CT molecular complexity index is 817. The molecule has 0 aliphatic rings. The largest absolute Gasteiger partial charge is 0.340 e. The van der Waals surface area contributed by atoms with Crippen LogP contribution >= 0.6 is 0 Å². The van der Waals surface area contributed by atoms with Crippen molar-refractivity contribution in [3.63, 3.8) is 0 Å². The molecule has 0 saturated heterocycles. The van der Waals surface area contributed by atoms with Gasteiger partial charge in [-0.25, -0.2) is 9.97 Å². The Balaban J connectivity index is 1.72. The van der Waals surface area contributed by atoms with Crippen LogP contribution in [0.2, 0.25) is 0 Å². The van der Waals surface area contributed by atoms with Crippen LogP contribution in [0, 0.1) is 6.92 Å². The second kappa shape index (κ2) is 5.63. The Labute approximate surface area is 129 Å². The van der Waals surface area contributed by atoms with Crippen LogP contribution in [0.3, 0.4) is 0 Å². The first-order chi connectivity index (χ1) is 10.6. The van der Waals surface area contributed by atoms with E-state index in [1.807, 2.05) is 54.5 Å². The number of aromatic nitrogens is 4. The lowest BCUT2D eigenvalue weighted by atomic mass is 10.1. The molecule has 22 heavy (non-hydrogen) atoms. The molecule has 0 spiro atoms. The number of carbonyl (C=O) groups is 1. The molecule has 0 aliphatic heterocycles. The maximum absolute atomic E-state index is 12.5. The summed E-state index contributed by atoms with van der Waals surface area (Å²) in [4.78, 5) is 22.7. The fourth-order valence-corrected chi connectivity index (χ4v) is 2.49. The van der Waals surface area contributed by atoms with E-state index in [2.05, 4.69) is 9.97 Å². The normalized spacial score (nSPS) is 11.0. The predicted octanol–water partition coefficient (Wildman–Crippen LogP) is 1.85. The van der Waals surface area contributed by atoms with Crippen LogP contribution in [0.25, 0.3) is 11.0 Å². The highest BCUT2D eigenvalue weighted by atomic mass is 16.2. The Morgan fingerprint density at radius 1 is 1.32 bits per heavy atom. The van der Waals surface area contributed by atoms with Crippen molar-refractivity contribution in [2.24, 2.45) is 7.05 Å². The summed E-state index contributed by atoms with van der Waals surface area (Å²) in [7, 11) is 3.76. The van der Waals surface area contributed by atoms with E-state index < -0.39 is 0 Å². The average Bonchev–Trinajstić information content (AvgIpc) is 3.10. The van der Waals surface area contributed by atoms with Gasteiger partial charge in [-0.05, 0) is 25.1 Å². The van der Waals surface area contributed by atoms with Gasteiger partial charge < -0.3 is 14.0 Å². The fourth-order valence-electron chi connectivity index (χ4n) is 2.49. The minimum Gasteiger partial charge on any atom is -0.340 e. The molecule has 0 fully saturated rings. The van der Waals surface area contributed by atoms with E-state index in [9.17, 15) is 4.79 Å². The average molecular weight is 297 g/mol. The number of carbonyl (C=O) groups excluding carboxylic acids is 1. The first kappa shape index (κ1) is 14.3. The summed E-state index contributed by atoms with van der Waals surface area (Å²) in [5, 5.41) is 0. The van der Waals surface area contributed by atoms with Gasteiger partial charge >= 0.3 is 0 Å². The summed E-state index contributed by atoms with van der Waals surface area (Å²) in [5.74, 6) is 0.959. The van der Waals surface area contributed by atoms with Crippen LogP contribution in [0.4, 0.5) is 0 Å². The summed E-state index contributed by atoms with van der Waals surface area (Å²) in [6, 6.07) is 5.63. The number of fused-ring (bicyclic) bond motifs is 1. The van der Waals surface area contributed by atoms with Gasteiger partial charge in [-0.2, -0.15) is 0 Å². The van der Waals surface area contributed by atoms with Crippen LogP contribution in [0.1, 0.15) is 16.2 Å². The molecule has 1 amide bonds. The van der Waals surface area contributed by atoms with E-state index in [0.717, 1.165) is 23.4 Å². The third kappa shape index (κ3) is 2.59. The summed E-state index contributed by atoms with van der Waals surface area (Å²) in [6.45, 7) is 3.33. The van der Waals surface area contributed by atoms with Crippen molar-refractivity contribution in [3.8, 4) is 0 Å². The van der Waals surface area contributed by atoms with Crippen molar-refractivity contribution >= 4 is 16.9 Å². The standard InChI is InChI=1S/C16H19N5O/c1-12-17-6-7-21(12)9-8-19(2)16(22)13-4-5-15-14(10-13)18-11-20(15)3/h4-7,10-11H,8-9H2,1-3H3. The highest BCUT2D eigenvalue weighted by Gasteiger charge is 2.13. The number of likely N-dealkylation sites (N-methyl/N-ethyl adjacent to an activating group) is 1. The molecule has 6 heteroatoms. The van der Waals surface area contributed by atoms with Crippen LogP contribution in [0.15, 0.2) is 36.9 Å². The van der Waals surface area contributed by atoms with Crippen molar-refractivity contribution < 1.29 is 4.79 Å². The Morgan fingerprint density at radius 2 is 2.14 bits per heavy atom. The summed E-state index contributed by atoms with van der Waals surface area (Å²) >= 11 is 0. The van der Waals surface area contributed by atoms with E-state index >= 15 is 0 Å². The number of benzene rings is 1. The molecule has 0 unspecified atom stereocenters. The number of rotatable bonds is 4. The van der Waals surface area contributed by atoms with Gasteiger partial charge in [-0.3, -0.25) is 4.79 Å². The Hall–Kier alpha value is -2.63. The monoisotopic (exact) mass is 297 g/mol. The zero-order valence-corrected chi connectivity index (χ0v) is 13.0. The Kier molecular flexibility index (Phi) is 3.66. The smallest absolute Gasteiger partial charge is 0.253 e. The molecule has 2 heterocycles. The molecule has 0 bridgehead atoms. The zero-order chi connectivity index (χ0) is 15.7. The quantitative estimate of drug-likeness (QED) is 0.738. The lowest BCUT2D eigenvalue weighted by molar-refractivity contribution is 0.0790. The van der Waals surface area contributed by atoms with Crippen molar-refractivity contribution in [3.05, 3.63) is 48.3 Å². The molecule has 2 aromatic heterocycles. The number of nitrogens with zero attached hydrogens (tertiary/aromatic N) is 5. The highest BCUT2D eigenvalue weighted by molar-refractivity contribution is 5.97. The molecule has 3 aromatic rings. The summed E-state index contributed by atoms with van der Waals surface area (Å²) < 4.78 is 3.97. The van der Waals surface area contributed by atoms with Gasteiger partial charge in [0.15, 0.2) is 0 Å². The second-order valence-electron chi connectivity index (χ2n) is 5.45. The van der Waals surface area contributed by atoms with Gasteiger partial charge in [0.05, 0.1) is 17.4 Å². The minimum atomic E-state index is 0.00493. The van der Waals surface area contributed by atoms with E-state index in [0.29, 0.717) is 12.1 Å².